The average Bonchev–Trinajstić information content (AvgIpc) is 3.41. The largest absolute Gasteiger partial charge is 0.455 e. The van der Waals surface area contributed by atoms with E-state index in [0.717, 1.165) is 22.6 Å². The minimum Gasteiger partial charge on any atom is -0.455 e. The fourth-order valence-electron chi connectivity index (χ4n) is 8.23. The normalized spacial score (nSPS) is 15.7. The summed E-state index contributed by atoms with van der Waals surface area (Å²) in [6.07, 6.45) is 0. The molecule has 0 aromatic heterocycles. The second-order valence-electron chi connectivity index (χ2n) is 12.4. The maximum atomic E-state index is 6.89. The summed E-state index contributed by atoms with van der Waals surface area (Å²) in [6, 6.07) is 62.1. The Balaban J connectivity index is 1.34. The Hall–Kier alpha value is -5.92. The first kappa shape index (κ1) is 25.4. The highest BCUT2D eigenvalue weighted by Crippen LogP contribution is 2.59. The topological polar surface area (TPSA) is 9.23 Å². The van der Waals surface area contributed by atoms with Gasteiger partial charge in [0.1, 0.15) is 11.5 Å². The van der Waals surface area contributed by atoms with Gasteiger partial charge in [0.15, 0.2) is 0 Å². The molecule has 1 heterocycles. The van der Waals surface area contributed by atoms with Gasteiger partial charge in [-0.1, -0.05) is 146 Å². The van der Waals surface area contributed by atoms with Crippen molar-refractivity contribution in [1.29, 1.82) is 0 Å². The molecule has 0 saturated heterocycles. The Morgan fingerprint density at radius 3 is 1.72 bits per heavy atom. The number of ether oxygens (including phenoxy) is 1. The third kappa shape index (κ3) is 3.35. The molecule has 0 bridgehead atoms. The van der Waals surface area contributed by atoms with Crippen LogP contribution >= 0.6 is 0 Å². The van der Waals surface area contributed by atoms with E-state index in [1.54, 1.807) is 0 Å². The molecule has 214 valence electrons. The van der Waals surface area contributed by atoms with Crippen LogP contribution in [0.25, 0.3) is 54.9 Å². The van der Waals surface area contributed by atoms with E-state index in [2.05, 4.69) is 170 Å². The Bertz CT molecular complexity index is 2510. The zero-order valence-electron chi connectivity index (χ0n) is 25.1. The Morgan fingerprint density at radius 1 is 0.348 bits per heavy atom. The van der Waals surface area contributed by atoms with Gasteiger partial charge < -0.3 is 4.74 Å². The van der Waals surface area contributed by atoms with Crippen molar-refractivity contribution in [1.82, 2.24) is 0 Å². The van der Waals surface area contributed by atoms with E-state index < -0.39 is 5.41 Å². The van der Waals surface area contributed by atoms with E-state index in [1.807, 2.05) is 0 Å². The molecule has 1 heteroatoms. The fourth-order valence-corrected chi connectivity index (χ4v) is 8.23. The number of fused-ring (bicyclic) bond motifs is 6. The monoisotopic (exact) mass is 584 g/mol. The predicted molar refractivity (Wildman–Crippen MR) is 190 cm³/mol. The highest BCUT2D eigenvalue weighted by atomic mass is 16.5. The fraction of sp³-hybridized carbons (Fsp3) is 0.0222. The van der Waals surface area contributed by atoms with Crippen molar-refractivity contribution in [3.63, 3.8) is 0 Å². The van der Waals surface area contributed by atoms with Gasteiger partial charge >= 0.3 is 0 Å². The summed E-state index contributed by atoms with van der Waals surface area (Å²) < 4.78 is 6.89. The second kappa shape index (κ2) is 9.54. The third-order valence-electron chi connectivity index (χ3n) is 10.1. The van der Waals surface area contributed by atoms with Gasteiger partial charge in [-0.3, -0.25) is 0 Å². The molecule has 1 nitrogen and oxygen atoms in total. The van der Waals surface area contributed by atoms with Crippen LogP contribution in [0.4, 0.5) is 0 Å². The Labute approximate surface area is 268 Å². The van der Waals surface area contributed by atoms with Crippen LogP contribution in [0.1, 0.15) is 22.3 Å². The molecule has 1 aliphatic carbocycles. The summed E-state index contributed by atoms with van der Waals surface area (Å²) in [5, 5.41) is 4.86. The van der Waals surface area contributed by atoms with Gasteiger partial charge in [-0.2, -0.15) is 0 Å². The highest BCUT2D eigenvalue weighted by molar-refractivity contribution is 6.08. The SMILES string of the molecule is c1ccc(C2(c3ccccc3-c3ccc4cccc5c4c3Oc3ccccc3-5)c3ccccc3-c3cc4ccccc4cc32)cc1. The molecule has 2 aliphatic rings. The maximum Gasteiger partial charge on any atom is 0.143 e. The quantitative estimate of drug-likeness (QED) is 0.201. The van der Waals surface area contributed by atoms with Gasteiger partial charge in [0.05, 0.1) is 5.41 Å². The highest BCUT2D eigenvalue weighted by Gasteiger charge is 2.47. The van der Waals surface area contributed by atoms with Crippen LogP contribution in [0.15, 0.2) is 170 Å². The molecule has 8 aromatic carbocycles. The molecule has 46 heavy (non-hydrogen) atoms. The number of para-hydroxylation sites is 1. The van der Waals surface area contributed by atoms with Crippen molar-refractivity contribution < 1.29 is 4.74 Å². The lowest BCUT2D eigenvalue weighted by atomic mass is 9.65. The van der Waals surface area contributed by atoms with Crippen molar-refractivity contribution in [2.24, 2.45) is 0 Å². The Kier molecular flexibility index (Phi) is 5.27. The van der Waals surface area contributed by atoms with Crippen molar-refractivity contribution in [3.05, 3.63) is 192 Å². The molecule has 0 spiro atoms. The van der Waals surface area contributed by atoms with E-state index in [9.17, 15) is 0 Å². The summed E-state index contributed by atoms with van der Waals surface area (Å²) in [6.45, 7) is 0. The van der Waals surface area contributed by atoms with Crippen LogP contribution in [0.3, 0.4) is 0 Å². The van der Waals surface area contributed by atoms with Crippen LogP contribution < -0.4 is 4.74 Å². The molecule has 0 fully saturated rings. The zero-order valence-corrected chi connectivity index (χ0v) is 25.1. The van der Waals surface area contributed by atoms with Crippen LogP contribution in [-0.4, -0.2) is 0 Å². The van der Waals surface area contributed by atoms with Gasteiger partial charge in [0, 0.05) is 16.5 Å². The number of benzene rings is 8. The van der Waals surface area contributed by atoms with Crippen molar-refractivity contribution in [3.8, 4) is 44.9 Å². The van der Waals surface area contributed by atoms with E-state index in [1.165, 1.54) is 66.1 Å². The van der Waals surface area contributed by atoms with Gasteiger partial charge in [-0.05, 0) is 84.9 Å². The van der Waals surface area contributed by atoms with E-state index in [0.29, 0.717) is 0 Å². The lowest BCUT2D eigenvalue weighted by Crippen LogP contribution is -2.29. The second-order valence-corrected chi connectivity index (χ2v) is 12.4. The van der Waals surface area contributed by atoms with Crippen molar-refractivity contribution in [2.75, 3.05) is 0 Å². The summed E-state index contributed by atoms with van der Waals surface area (Å²) in [4.78, 5) is 0. The summed E-state index contributed by atoms with van der Waals surface area (Å²) in [7, 11) is 0. The van der Waals surface area contributed by atoms with Crippen LogP contribution in [0.2, 0.25) is 0 Å². The van der Waals surface area contributed by atoms with Crippen LogP contribution in [0, 0.1) is 0 Å². The van der Waals surface area contributed by atoms with Crippen LogP contribution in [0.5, 0.6) is 11.5 Å². The minimum absolute atomic E-state index is 0.540. The predicted octanol–water partition coefficient (Wildman–Crippen LogP) is 11.8. The summed E-state index contributed by atoms with van der Waals surface area (Å²) in [5.74, 6) is 1.82. The number of hydrogen-bond donors (Lipinski definition) is 0. The van der Waals surface area contributed by atoms with Crippen LogP contribution in [-0.2, 0) is 5.41 Å². The first-order valence-corrected chi connectivity index (χ1v) is 15.9. The molecule has 8 aromatic rings. The lowest BCUT2D eigenvalue weighted by Gasteiger charge is -2.36. The first-order valence-electron chi connectivity index (χ1n) is 15.9. The van der Waals surface area contributed by atoms with Crippen molar-refractivity contribution >= 4 is 21.5 Å². The van der Waals surface area contributed by atoms with Gasteiger partial charge in [0.25, 0.3) is 0 Å². The minimum atomic E-state index is -0.540. The van der Waals surface area contributed by atoms with E-state index in [-0.39, 0.29) is 0 Å². The molecule has 0 N–H and O–H groups in total. The Morgan fingerprint density at radius 2 is 0.935 bits per heavy atom. The molecule has 0 saturated carbocycles. The third-order valence-corrected chi connectivity index (χ3v) is 10.1. The molecule has 1 atom stereocenters. The summed E-state index contributed by atoms with van der Waals surface area (Å²) >= 11 is 0. The smallest absolute Gasteiger partial charge is 0.143 e. The molecular formula is C45H28O. The maximum absolute atomic E-state index is 6.89. The van der Waals surface area contributed by atoms with E-state index >= 15 is 0 Å². The summed E-state index contributed by atoms with van der Waals surface area (Å²) in [5.41, 5.74) is 11.8. The number of rotatable bonds is 3. The van der Waals surface area contributed by atoms with E-state index in [4.69, 9.17) is 4.74 Å². The molecule has 0 radical (unpaired) electrons. The zero-order chi connectivity index (χ0) is 30.2. The standard InChI is InChI=1S/C45H28O/c1-2-16-32(17-3-1)45(40-23-10-7-19-34(40)38-27-30-13-4-5-14-31(30)28-41(38)45)39-22-9-6-18-33(39)37-26-25-29-15-12-21-36-35-20-8-11-24-42(35)46-44(37)43(29)36/h1-28H. The van der Waals surface area contributed by atoms with Gasteiger partial charge in [-0.25, -0.2) is 0 Å². The molecule has 10 rings (SSSR count). The van der Waals surface area contributed by atoms with Gasteiger partial charge in [-0.15, -0.1) is 0 Å². The average molecular weight is 585 g/mol. The first-order chi connectivity index (χ1) is 22.8. The van der Waals surface area contributed by atoms with Gasteiger partial charge in [0.2, 0.25) is 0 Å². The number of hydrogen-bond acceptors (Lipinski definition) is 1. The molecule has 0 amide bonds. The molecule has 1 unspecified atom stereocenters. The molecule has 1 aliphatic heterocycles. The molecular weight excluding hydrogens is 556 g/mol. The van der Waals surface area contributed by atoms with Crippen molar-refractivity contribution in [2.45, 2.75) is 5.41 Å². The lowest BCUT2D eigenvalue weighted by molar-refractivity contribution is 0.488.